The van der Waals surface area contributed by atoms with E-state index in [0.29, 0.717) is 25.7 Å². The van der Waals surface area contributed by atoms with E-state index >= 15 is 0 Å². The number of ether oxygens (including phenoxy) is 1. The smallest absolute Gasteiger partial charge is 0.225 e. The van der Waals surface area contributed by atoms with Crippen molar-refractivity contribution in [1.29, 1.82) is 0 Å². The van der Waals surface area contributed by atoms with Gasteiger partial charge < -0.3 is 14.2 Å². The Hall–Kier alpha value is -2.80. The number of hydrogen-bond donors (Lipinski definition) is 0. The van der Waals surface area contributed by atoms with Crippen LogP contribution in [0.5, 0.6) is 0 Å². The van der Waals surface area contributed by atoms with Crippen LogP contribution in [0, 0.1) is 5.92 Å². The Morgan fingerprint density at radius 1 is 1.04 bits per heavy atom. The van der Waals surface area contributed by atoms with Crippen molar-refractivity contribution >= 4 is 5.95 Å². The van der Waals surface area contributed by atoms with Crippen LogP contribution in [0.3, 0.4) is 0 Å². The summed E-state index contributed by atoms with van der Waals surface area (Å²) in [6, 6.07) is 5.78. The molecule has 4 rings (SSSR count). The minimum atomic E-state index is 0.330. The summed E-state index contributed by atoms with van der Waals surface area (Å²) in [6.07, 6.45) is 11.0. The molecule has 0 aromatic carbocycles. The zero-order chi connectivity index (χ0) is 16.9. The zero-order valence-corrected chi connectivity index (χ0v) is 13.9. The van der Waals surface area contributed by atoms with E-state index < -0.39 is 0 Å². The van der Waals surface area contributed by atoms with E-state index in [2.05, 4.69) is 29.4 Å². The van der Waals surface area contributed by atoms with E-state index in [1.807, 2.05) is 36.8 Å². The number of pyridine rings is 1. The molecule has 0 spiro atoms. The Kier molecular flexibility index (Phi) is 4.65. The first kappa shape index (κ1) is 15.7. The van der Waals surface area contributed by atoms with Crippen LogP contribution in [0.2, 0.25) is 0 Å². The molecule has 0 saturated carbocycles. The van der Waals surface area contributed by atoms with Crippen LogP contribution in [-0.2, 0) is 24.4 Å². The van der Waals surface area contributed by atoms with Crippen LogP contribution in [0.4, 0.5) is 5.95 Å². The number of aromatic nitrogens is 5. The normalized spacial score (nSPS) is 17.1. The fourth-order valence-corrected chi connectivity index (χ4v) is 3.08. The molecule has 0 bridgehead atoms. The van der Waals surface area contributed by atoms with Gasteiger partial charge in [-0.05, 0) is 17.7 Å². The maximum Gasteiger partial charge on any atom is 0.225 e. The standard InChI is InChI=1S/C18H20N6O/c1-3-15(9-19-4-1)13-25-14-16-10-23-8-7-20-17(23)12-24(11-16)18-21-5-2-6-22-18/h1-9,16H,10-14H2/t16-/m0/s1. The Balaban J connectivity index is 1.45. The van der Waals surface area contributed by atoms with Crippen LogP contribution in [-0.4, -0.2) is 37.7 Å². The van der Waals surface area contributed by atoms with E-state index in [-0.39, 0.29) is 0 Å². The Labute approximate surface area is 146 Å². The molecular weight excluding hydrogens is 316 g/mol. The van der Waals surface area contributed by atoms with E-state index in [9.17, 15) is 0 Å². The second-order valence-electron chi connectivity index (χ2n) is 6.17. The van der Waals surface area contributed by atoms with Crippen molar-refractivity contribution in [3.05, 3.63) is 66.8 Å². The highest BCUT2D eigenvalue weighted by Gasteiger charge is 2.24. The largest absolute Gasteiger partial charge is 0.376 e. The van der Waals surface area contributed by atoms with Crippen molar-refractivity contribution in [2.75, 3.05) is 18.1 Å². The first-order chi connectivity index (χ1) is 12.4. The fraction of sp³-hybridized carbons (Fsp3) is 0.333. The van der Waals surface area contributed by atoms with Crippen molar-refractivity contribution < 1.29 is 4.74 Å². The molecule has 3 aromatic rings. The number of imidazole rings is 1. The molecule has 7 nitrogen and oxygen atoms in total. The molecule has 7 heteroatoms. The highest BCUT2D eigenvalue weighted by atomic mass is 16.5. The number of rotatable bonds is 5. The maximum absolute atomic E-state index is 5.95. The molecule has 3 aromatic heterocycles. The topological polar surface area (TPSA) is 69.0 Å². The quantitative estimate of drug-likeness (QED) is 0.709. The molecule has 0 amide bonds. The van der Waals surface area contributed by atoms with Gasteiger partial charge in [-0.1, -0.05) is 6.07 Å². The third kappa shape index (κ3) is 3.83. The van der Waals surface area contributed by atoms with Gasteiger partial charge in [0.25, 0.3) is 0 Å². The third-order valence-electron chi connectivity index (χ3n) is 4.25. The Morgan fingerprint density at radius 3 is 2.80 bits per heavy atom. The fourth-order valence-electron chi connectivity index (χ4n) is 3.08. The second kappa shape index (κ2) is 7.40. The third-order valence-corrected chi connectivity index (χ3v) is 4.25. The van der Waals surface area contributed by atoms with Gasteiger partial charge in [-0.25, -0.2) is 15.0 Å². The van der Waals surface area contributed by atoms with Gasteiger partial charge in [-0.2, -0.15) is 0 Å². The highest BCUT2D eigenvalue weighted by molar-refractivity contribution is 5.29. The summed E-state index contributed by atoms with van der Waals surface area (Å²) in [5.74, 6) is 2.09. The van der Waals surface area contributed by atoms with Gasteiger partial charge in [-0.3, -0.25) is 4.98 Å². The van der Waals surface area contributed by atoms with E-state index in [4.69, 9.17) is 4.74 Å². The van der Waals surface area contributed by atoms with E-state index in [1.54, 1.807) is 18.6 Å². The van der Waals surface area contributed by atoms with E-state index in [1.165, 1.54) is 0 Å². The number of fused-ring (bicyclic) bond motifs is 1. The Morgan fingerprint density at radius 2 is 1.96 bits per heavy atom. The van der Waals surface area contributed by atoms with Gasteiger partial charge in [0.15, 0.2) is 0 Å². The van der Waals surface area contributed by atoms with Gasteiger partial charge in [-0.15, -0.1) is 0 Å². The summed E-state index contributed by atoms with van der Waals surface area (Å²) in [5.41, 5.74) is 1.09. The second-order valence-corrected chi connectivity index (χ2v) is 6.17. The molecule has 128 valence electrons. The molecule has 0 unspecified atom stereocenters. The van der Waals surface area contributed by atoms with Gasteiger partial charge in [0.2, 0.25) is 5.95 Å². The molecule has 1 aliphatic heterocycles. The summed E-state index contributed by atoms with van der Waals surface area (Å²) >= 11 is 0. The Bertz CT molecular complexity index is 792. The highest BCUT2D eigenvalue weighted by Crippen LogP contribution is 2.19. The zero-order valence-electron chi connectivity index (χ0n) is 13.9. The molecule has 4 heterocycles. The number of nitrogens with zero attached hydrogens (tertiary/aromatic N) is 6. The minimum Gasteiger partial charge on any atom is -0.376 e. The minimum absolute atomic E-state index is 0.330. The van der Waals surface area contributed by atoms with Crippen LogP contribution >= 0.6 is 0 Å². The average Bonchev–Trinajstić information content (AvgIpc) is 3.02. The first-order valence-corrected chi connectivity index (χ1v) is 8.37. The van der Waals surface area contributed by atoms with Crippen LogP contribution in [0.1, 0.15) is 11.4 Å². The maximum atomic E-state index is 5.95. The lowest BCUT2D eigenvalue weighted by Crippen LogP contribution is -2.31. The van der Waals surface area contributed by atoms with Gasteiger partial charge in [0.05, 0.1) is 19.8 Å². The molecule has 0 N–H and O–H groups in total. The lowest BCUT2D eigenvalue weighted by Gasteiger charge is -2.23. The average molecular weight is 336 g/mol. The summed E-state index contributed by atoms with van der Waals surface area (Å²) in [6.45, 7) is 3.65. The van der Waals surface area contributed by atoms with Gasteiger partial charge in [0, 0.05) is 56.2 Å². The lowest BCUT2D eigenvalue weighted by molar-refractivity contribution is 0.0839. The summed E-state index contributed by atoms with van der Waals surface area (Å²) in [7, 11) is 0. The molecule has 1 atom stereocenters. The molecule has 0 aliphatic carbocycles. The molecule has 25 heavy (non-hydrogen) atoms. The predicted molar refractivity (Wildman–Crippen MR) is 92.7 cm³/mol. The van der Waals surface area contributed by atoms with Crippen LogP contribution in [0.25, 0.3) is 0 Å². The van der Waals surface area contributed by atoms with Crippen molar-refractivity contribution in [3.63, 3.8) is 0 Å². The first-order valence-electron chi connectivity index (χ1n) is 8.37. The molecular formula is C18H20N6O. The van der Waals surface area contributed by atoms with Crippen LogP contribution in [0.15, 0.2) is 55.4 Å². The molecule has 1 aliphatic rings. The van der Waals surface area contributed by atoms with E-state index in [0.717, 1.165) is 30.4 Å². The van der Waals surface area contributed by atoms with Gasteiger partial charge >= 0.3 is 0 Å². The summed E-state index contributed by atoms with van der Waals surface area (Å²) in [5, 5.41) is 0. The molecule has 0 radical (unpaired) electrons. The van der Waals surface area contributed by atoms with Gasteiger partial charge in [0.1, 0.15) is 5.82 Å². The van der Waals surface area contributed by atoms with Crippen molar-refractivity contribution in [2.45, 2.75) is 19.7 Å². The molecule has 0 saturated heterocycles. The summed E-state index contributed by atoms with van der Waals surface area (Å²) in [4.78, 5) is 19.5. The lowest BCUT2D eigenvalue weighted by atomic mass is 10.1. The number of anilines is 1. The monoisotopic (exact) mass is 336 g/mol. The van der Waals surface area contributed by atoms with Crippen molar-refractivity contribution in [2.24, 2.45) is 5.92 Å². The molecule has 0 fully saturated rings. The van der Waals surface area contributed by atoms with Crippen molar-refractivity contribution in [1.82, 2.24) is 24.5 Å². The number of hydrogen-bond acceptors (Lipinski definition) is 6. The van der Waals surface area contributed by atoms with Crippen molar-refractivity contribution in [3.8, 4) is 0 Å². The predicted octanol–water partition coefficient (Wildman–Crippen LogP) is 1.92. The van der Waals surface area contributed by atoms with Crippen LogP contribution < -0.4 is 4.90 Å². The summed E-state index contributed by atoms with van der Waals surface area (Å²) < 4.78 is 8.14. The SMILES string of the molecule is c1cnc(N2Cc3nccn3C[C@H](COCc3cccnc3)C2)nc1.